The van der Waals surface area contributed by atoms with Crippen LogP contribution in [0.25, 0.3) is 0 Å². The second-order valence-electron chi connectivity index (χ2n) is 6.25. The van der Waals surface area contributed by atoms with Crippen molar-refractivity contribution in [1.82, 2.24) is 4.98 Å². The second-order valence-corrected chi connectivity index (χ2v) is 6.25. The number of hydrogen-bond acceptors (Lipinski definition) is 3. The van der Waals surface area contributed by atoms with Gasteiger partial charge in [0.15, 0.2) is 0 Å². The highest BCUT2D eigenvalue weighted by atomic mass is 15.2. The maximum Gasteiger partial charge on any atom is 0.131 e. The normalized spacial score (nSPS) is 20.4. The first-order valence-corrected chi connectivity index (χ1v) is 8.10. The van der Waals surface area contributed by atoms with Crippen LogP contribution in [0.3, 0.4) is 0 Å². The van der Waals surface area contributed by atoms with Gasteiger partial charge in [-0.15, -0.1) is 0 Å². The predicted octanol–water partition coefficient (Wildman–Crippen LogP) is 3.30. The third-order valence-corrected chi connectivity index (χ3v) is 4.41. The molecule has 0 amide bonds. The minimum atomic E-state index is 0.253. The third kappa shape index (κ3) is 3.72. The van der Waals surface area contributed by atoms with Crippen molar-refractivity contribution in [3.8, 4) is 0 Å². The van der Waals surface area contributed by atoms with Crippen LogP contribution >= 0.6 is 0 Å². The Morgan fingerprint density at radius 1 is 1.45 bits per heavy atom. The van der Waals surface area contributed by atoms with Crippen molar-refractivity contribution < 1.29 is 0 Å². The lowest BCUT2D eigenvalue weighted by Crippen LogP contribution is -2.23. The number of pyridine rings is 1. The standard InChI is InChI=1S/C17H29N3/c1-4-6-14-7-8-20(12-14)17-13(3)9-15(11-19-17)10-16(18)5-2/h9,11,14,16H,4-8,10,12,18H2,1-3H3. The van der Waals surface area contributed by atoms with Gasteiger partial charge in [-0.1, -0.05) is 26.3 Å². The van der Waals surface area contributed by atoms with E-state index in [2.05, 4.69) is 31.7 Å². The van der Waals surface area contributed by atoms with Gasteiger partial charge in [0.1, 0.15) is 5.82 Å². The molecule has 0 spiro atoms. The van der Waals surface area contributed by atoms with E-state index < -0.39 is 0 Å². The molecule has 0 aliphatic carbocycles. The molecule has 1 fully saturated rings. The molecule has 0 bridgehead atoms. The fraction of sp³-hybridized carbons (Fsp3) is 0.706. The second kappa shape index (κ2) is 7.07. The van der Waals surface area contributed by atoms with Gasteiger partial charge in [-0.05, 0) is 49.7 Å². The van der Waals surface area contributed by atoms with E-state index in [4.69, 9.17) is 10.7 Å². The average molecular weight is 275 g/mol. The largest absolute Gasteiger partial charge is 0.356 e. The van der Waals surface area contributed by atoms with E-state index in [9.17, 15) is 0 Å². The Kier molecular flexibility index (Phi) is 5.41. The highest BCUT2D eigenvalue weighted by molar-refractivity contribution is 5.48. The monoisotopic (exact) mass is 275 g/mol. The summed E-state index contributed by atoms with van der Waals surface area (Å²) in [5, 5.41) is 0. The van der Waals surface area contributed by atoms with Gasteiger partial charge in [-0.25, -0.2) is 4.98 Å². The van der Waals surface area contributed by atoms with E-state index in [-0.39, 0.29) is 6.04 Å². The molecule has 2 rings (SSSR count). The number of nitrogens with zero attached hydrogens (tertiary/aromatic N) is 2. The molecular formula is C17H29N3. The molecule has 2 unspecified atom stereocenters. The molecule has 3 nitrogen and oxygen atoms in total. The van der Waals surface area contributed by atoms with Gasteiger partial charge in [0, 0.05) is 25.3 Å². The van der Waals surface area contributed by atoms with Crippen LogP contribution in [0.2, 0.25) is 0 Å². The summed E-state index contributed by atoms with van der Waals surface area (Å²) in [5.41, 5.74) is 8.59. The minimum absolute atomic E-state index is 0.253. The molecule has 2 atom stereocenters. The van der Waals surface area contributed by atoms with E-state index in [1.165, 1.54) is 42.8 Å². The molecule has 3 heteroatoms. The van der Waals surface area contributed by atoms with Gasteiger partial charge >= 0.3 is 0 Å². The van der Waals surface area contributed by atoms with Gasteiger partial charge in [-0.2, -0.15) is 0 Å². The van der Waals surface area contributed by atoms with Crippen molar-refractivity contribution in [1.29, 1.82) is 0 Å². The number of anilines is 1. The van der Waals surface area contributed by atoms with Crippen molar-refractivity contribution in [2.45, 2.75) is 58.9 Å². The zero-order valence-corrected chi connectivity index (χ0v) is 13.2. The molecule has 1 aromatic rings. The van der Waals surface area contributed by atoms with Crippen LogP contribution in [0.15, 0.2) is 12.3 Å². The lowest BCUT2D eigenvalue weighted by atomic mass is 10.0. The quantitative estimate of drug-likeness (QED) is 0.866. The zero-order valence-electron chi connectivity index (χ0n) is 13.2. The summed E-state index contributed by atoms with van der Waals surface area (Å²) in [4.78, 5) is 7.17. The van der Waals surface area contributed by atoms with E-state index in [1.807, 2.05) is 6.20 Å². The molecule has 112 valence electrons. The number of rotatable bonds is 6. The Morgan fingerprint density at radius 3 is 2.90 bits per heavy atom. The number of aromatic nitrogens is 1. The van der Waals surface area contributed by atoms with Crippen LogP contribution in [0.1, 0.15) is 50.7 Å². The van der Waals surface area contributed by atoms with Gasteiger partial charge in [0.05, 0.1) is 0 Å². The summed E-state index contributed by atoms with van der Waals surface area (Å²) < 4.78 is 0. The predicted molar refractivity (Wildman–Crippen MR) is 86.2 cm³/mol. The maximum absolute atomic E-state index is 6.03. The molecule has 1 aliphatic heterocycles. The van der Waals surface area contributed by atoms with Crippen molar-refractivity contribution in [2.24, 2.45) is 11.7 Å². The molecule has 2 heterocycles. The molecule has 0 saturated carbocycles. The molecule has 20 heavy (non-hydrogen) atoms. The Balaban J connectivity index is 2.03. The molecule has 0 radical (unpaired) electrons. The van der Waals surface area contributed by atoms with Crippen LogP contribution < -0.4 is 10.6 Å². The van der Waals surface area contributed by atoms with Crippen molar-refractivity contribution in [3.63, 3.8) is 0 Å². The summed E-state index contributed by atoms with van der Waals surface area (Å²) in [7, 11) is 0. The van der Waals surface area contributed by atoms with Crippen LogP contribution in [-0.2, 0) is 6.42 Å². The number of hydrogen-bond donors (Lipinski definition) is 1. The first-order chi connectivity index (χ1) is 9.63. The highest BCUT2D eigenvalue weighted by Gasteiger charge is 2.23. The highest BCUT2D eigenvalue weighted by Crippen LogP contribution is 2.27. The third-order valence-electron chi connectivity index (χ3n) is 4.41. The summed E-state index contributed by atoms with van der Waals surface area (Å²) in [6.45, 7) is 8.92. The fourth-order valence-corrected chi connectivity index (χ4v) is 3.18. The number of nitrogens with two attached hydrogens (primary N) is 1. The van der Waals surface area contributed by atoms with E-state index in [1.54, 1.807) is 0 Å². The fourth-order valence-electron chi connectivity index (χ4n) is 3.18. The topological polar surface area (TPSA) is 42.2 Å². The van der Waals surface area contributed by atoms with E-state index >= 15 is 0 Å². The van der Waals surface area contributed by atoms with Gasteiger partial charge in [-0.3, -0.25) is 0 Å². The van der Waals surface area contributed by atoms with Crippen LogP contribution in [0.5, 0.6) is 0 Å². The molecule has 1 aliphatic rings. The van der Waals surface area contributed by atoms with E-state index in [0.29, 0.717) is 0 Å². The first kappa shape index (κ1) is 15.3. The minimum Gasteiger partial charge on any atom is -0.356 e. The Hall–Kier alpha value is -1.09. The number of aryl methyl sites for hydroxylation is 1. The van der Waals surface area contributed by atoms with Crippen LogP contribution in [0, 0.1) is 12.8 Å². The van der Waals surface area contributed by atoms with Crippen molar-refractivity contribution in [2.75, 3.05) is 18.0 Å². The van der Waals surface area contributed by atoms with Gasteiger partial charge < -0.3 is 10.6 Å². The molecule has 1 saturated heterocycles. The molecule has 1 aromatic heterocycles. The van der Waals surface area contributed by atoms with E-state index in [0.717, 1.165) is 25.3 Å². The summed E-state index contributed by atoms with van der Waals surface area (Å²) in [6, 6.07) is 2.52. The summed E-state index contributed by atoms with van der Waals surface area (Å²) in [6.07, 6.45) is 7.93. The first-order valence-electron chi connectivity index (χ1n) is 8.10. The van der Waals surface area contributed by atoms with Gasteiger partial charge in [0.2, 0.25) is 0 Å². The van der Waals surface area contributed by atoms with Crippen molar-refractivity contribution >= 4 is 5.82 Å². The lowest BCUT2D eigenvalue weighted by molar-refractivity contribution is 0.529. The van der Waals surface area contributed by atoms with Crippen LogP contribution in [0.4, 0.5) is 5.82 Å². The SMILES string of the molecule is CCCC1CCN(c2ncc(CC(N)CC)cc2C)C1. The summed E-state index contributed by atoms with van der Waals surface area (Å²) in [5.74, 6) is 2.03. The Labute approximate surface area is 123 Å². The zero-order chi connectivity index (χ0) is 14.5. The summed E-state index contributed by atoms with van der Waals surface area (Å²) >= 11 is 0. The Bertz CT molecular complexity index is 430. The molecular weight excluding hydrogens is 246 g/mol. The molecule has 2 N–H and O–H groups in total. The average Bonchev–Trinajstić information content (AvgIpc) is 2.87. The lowest BCUT2D eigenvalue weighted by Gasteiger charge is -2.20. The smallest absolute Gasteiger partial charge is 0.131 e. The van der Waals surface area contributed by atoms with Gasteiger partial charge in [0.25, 0.3) is 0 Å². The van der Waals surface area contributed by atoms with Crippen LogP contribution in [-0.4, -0.2) is 24.1 Å². The van der Waals surface area contributed by atoms with Crippen molar-refractivity contribution in [3.05, 3.63) is 23.4 Å². The maximum atomic E-state index is 6.03. The Morgan fingerprint density at radius 2 is 2.25 bits per heavy atom. The molecule has 0 aromatic carbocycles.